The minimum atomic E-state index is -0.918. The number of anilines is 2. The maximum absolute atomic E-state index is 12.1. The van der Waals surface area contributed by atoms with Crippen LogP contribution in [0.3, 0.4) is 0 Å². The highest BCUT2D eigenvalue weighted by Crippen LogP contribution is 2.21. The number of nitrogens with zero attached hydrogens (tertiary/aromatic N) is 5. The minimum Gasteiger partial charge on any atom is -0.480 e. The van der Waals surface area contributed by atoms with Gasteiger partial charge in [-0.3, -0.25) is 0 Å². The second-order valence-electron chi connectivity index (χ2n) is 10.5. The third-order valence-corrected chi connectivity index (χ3v) is 7.02. The zero-order valence-electron chi connectivity index (χ0n) is 22.6. The molecule has 0 spiro atoms. The second-order valence-corrected chi connectivity index (χ2v) is 10.5. The quantitative estimate of drug-likeness (QED) is 0.270. The lowest BCUT2D eigenvalue weighted by atomic mass is 10.1. The predicted octanol–water partition coefficient (Wildman–Crippen LogP) is 3.78. The first kappa shape index (κ1) is 27.7. The molecule has 3 N–H and O–H groups in total. The molecule has 4 rings (SSSR count). The van der Waals surface area contributed by atoms with E-state index in [4.69, 9.17) is 9.72 Å². The van der Waals surface area contributed by atoms with E-state index in [2.05, 4.69) is 56.5 Å². The Hall–Kier alpha value is -3.37. The van der Waals surface area contributed by atoms with Gasteiger partial charge in [0, 0.05) is 38.6 Å². The van der Waals surface area contributed by atoms with Crippen LogP contribution in [0.2, 0.25) is 0 Å². The summed E-state index contributed by atoms with van der Waals surface area (Å²) in [5, 5.41) is 17.2. The fourth-order valence-corrected chi connectivity index (χ4v) is 4.77. The van der Waals surface area contributed by atoms with Crippen molar-refractivity contribution in [2.24, 2.45) is 0 Å². The highest BCUT2D eigenvalue weighted by molar-refractivity contribution is 5.88. The van der Waals surface area contributed by atoms with Crippen LogP contribution in [-0.4, -0.2) is 80.8 Å². The molecule has 0 radical (unpaired) electrons. The van der Waals surface area contributed by atoms with E-state index in [9.17, 15) is 9.90 Å². The summed E-state index contributed by atoms with van der Waals surface area (Å²) >= 11 is 0. The number of unbranched alkanes of at least 4 members (excludes halogenated alkanes) is 1. The van der Waals surface area contributed by atoms with E-state index in [1.165, 1.54) is 11.9 Å². The Labute approximate surface area is 224 Å². The van der Waals surface area contributed by atoms with Gasteiger partial charge in [-0.25, -0.2) is 24.7 Å². The number of ether oxygens (including phenoxy) is 1. The van der Waals surface area contributed by atoms with Crippen LogP contribution >= 0.6 is 0 Å². The average molecular weight is 522 g/mol. The zero-order chi connectivity index (χ0) is 27.0. The number of aliphatic carboxylic acids is 1. The number of aryl methyl sites for hydroxylation is 2. The van der Waals surface area contributed by atoms with Crippen molar-refractivity contribution in [3.63, 3.8) is 0 Å². The molecule has 4 heterocycles. The van der Waals surface area contributed by atoms with Gasteiger partial charge in [0.05, 0.1) is 11.0 Å². The van der Waals surface area contributed by atoms with Gasteiger partial charge in [-0.2, -0.15) is 0 Å². The Morgan fingerprint density at radius 3 is 2.89 bits per heavy atom. The van der Waals surface area contributed by atoms with Crippen molar-refractivity contribution in [2.75, 3.05) is 43.9 Å². The summed E-state index contributed by atoms with van der Waals surface area (Å²) < 4.78 is 5.68. The van der Waals surface area contributed by atoms with E-state index in [-0.39, 0.29) is 5.60 Å². The van der Waals surface area contributed by atoms with E-state index in [1.807, 2.05) is 6.07 Å². The van der Waals surface area contributed by atoms with Gasteiger partial charge in [0.2, 0.25) is 0 Å². The molecule has 204 valence electrons. The molecule has 38 heavy (non-hydrogen) atoms. The molecule has 0 aliphatic carbocycles. The summed E-state index contributed by atoms with van der Waals surface area (Å²) in [4.78, 5) is 31.9. The van der Waals surface area contributed by atoms with E-state index >= 15 is 0 Å². The molecule has 1 aliphatic rings. The second kappa shape index (κ2) is 12.9. The van der Waals surface area contributed by atoms with E-state index in [0.29, 0.717) is 36.4 Å². The van der Waals surface area contributed by atoms with Crippen LogP contribution in [0.5, 0.6) is 0 Å². The van der Waals surface area contributed by atoms with Crippen molar-refractivity contribution in [1.29, 1.82) is 0 Å². The largest absolute Gasteiger partial charge is 0.480 e. The first-order chi connectivity index (χ1) is 18.3. The van der Waals surface area contributed by atoms with Crippen LogP contribution < -0.4 is 10.6 Å². The molecular weight excluding hydrogens is 482 g/mol. The summed E-state index contributed by atoms with van der Waals surface area (Å²) in [6.07, 6.45) is 8.64. The number of methoxy groups -OCH3 is 1. The molecule has 0 amide bonds. The van der Waals surface area contributed by atoms with Gasteiger partial charge in [-0.15, -0.1) is 0 Å². The molecular formula is C28H39N7O3. The zero-order valence-corrected chi connectivity index (χ0v) is 22.6. The number of carboxylic acid groups (broad SMARTS) is 1. The Bertz CT molecular complexity index is 1210. The Morgan fingerprint density at radius 2 is 2.08 bits per heavy atom. The lowest BCUT2D eigenvalue weighted by Crippen LogP contribution is -2.43. The highest BCUT2D eigenvalue weighted by Gasteiger charge is 2.24. The maximum Gasteiger partial charge on any atom is 0.326 e. The predicted molar refractivity (Wildman–Crippen MR) is 149 cm³/mol. The monoisotopic (exact) mass is 521 g/mol. The SMILES string of the molecule is COC(C)(C)CN(CCCCc1ccc2c(n1)NCCC2)CC[C@H](Nc1ncnc2ncccc12)C(=O)O. The third kappa shape index (κ3) is 7.58. The van der Waals surface area contributed by atoms with E-state index < -0.39 is 12.0 Å². The van der Waals surface area contributed by atoms with Crippen molar-refractivity contribution in [3.05, 3.63) is 48.0 Å². The van der Waals surface area contributed by atoms with Gasteiger partial charge >= 0.3 is 5.97 Å². The molecule has 0 unspecified atom stereocenters. The molecule has 10 nitrogen and oxygen atoms in total. The molecule has 3 aromatic rings. The van der Waals surface area contributed by atoms with Crippen LogP contribution in [0, 0.1) is 0 Å². The molecule has 0 saturated carbocycles. The highest BCUT2D eigenvalue weighted by atomic mass is 16.5. The number of aromatic nitrogens is 4. The summed E-state index contributed by atoms with van der Waals surface area (Å²) in [7, 11) is 1.71. The average Bonchev–Trinajstić information content (AvgIpc) is 2.92. The normalized spacial score (nSPS) is 14.2. The smallest absolute Gasteiger partial charge is 0.326 e. The van der Waals surface area contributed by atoms with Crippen molar-refractivity contribution in [3.8, 4) is 0 Å². The summed E-state index contributed by atoms with van der Waals surface area (Å²) in [5.74, 6) is 0.599. The molecule has 0 fully saturated rings. The number of fused-ring (bicyclic) bond motifs is 2. The van der Waals surface area contributed by atoms with Crippen molar-refractivity contribution < 1.29 is 14.6 Å². The topological polar surface area (TPSA) is 125 Å². The lowest BCUT2D eigenvalue weighted by Gasteiger charge is -2.32. The van der Waals surface area contributed by atoms with Crippen LogP contribution in [0.15, 0.2) is 36.8 Å². The number of rotatable bonds is 14. The molecule has 0 saturated heterocycles. The van der Waals surface area contributed by atoms with Gasteiger partial charge in [-0.05, 0) is 82.7 Å². The minimum absolute atomic E-state index is 0.341. The van der Waals surface area contributed by atoms with Crippen molar-refractivity contribution >= 4 is 28.6 Å². The van der Waals surface area contributed by atoms with Gasteiger partial charge in [0.15, 0.2) is 5.65 Å². The summed E-state index contributed by atoms with van der Waals surface area (Å²) in [5.41, 5.74) is 2.61. The van der Waals surface area contributed by atoms with Crippen molar-refractivity contribution in [1.82, 2.24) is 24.8 Å². The van der Waals surface area contributed by atoms with Gasteiger partial charge < -0.3 is 25.4 Å². The Morgan fingerprint density at radius 1 is 1.21 bits per heavy atom. The van der Waals surface area contributed by atoms with Crippen molar-refractivity contribution in [2.45, 2.75) is 64.0 Å². The fraction of sp³-hybridized carbons (Fsp3) is 0.536. The van der Waals surface area contributed by atoms with Gasteiger partial charge in [0.25, 0.3) is 0 Å². The number of hydrogen-bond donors (Lipinski definition) is 3. The van der Waals surface area contributed by atoms with Crippen LogP contribution in [0.4, 0.5) is 11.6 Å². The van der Waals surface area contributed by atoms with E-state index in [1.54, 1.807) is 19.4 Å². The molecule has 0 bridgehead atoms. The summed E-state index contributed by atoms with van der Waals surface area (Å²) in [6.45, 7) is 7.26. The third-order valence-electron chi connectivity index (χ3n) is 7.02. The number of nitrogens with one attached hydrogen (secondary N) is 2. The molecule has 10 heteroatoms. The Balaban J connectivity index is 1.34. The molecule has 1 atom stereocenters. The van der Waals surface area contributed by atoms with E-state index in [0.717, 1.165) is 56.7 Å². The van der Waals surface area contributed by atoms with Crippen LogP contribution in [0.1, 0.15) is 50.8 Å². The van der Waals surface area contributed by atoms with Crippen LogP contribution in [0.25, 0.3) is 11.0 Å². The first-order valence-corrected chi connectivity index (χ1v) is 13.4. The lowest BCUT2D eigenvalue weighted by molar-refractivity contribution is -0.138. The van der Waals surface area contributed by atoms with Gasteiger partial charge in [0.1, 0.15) is 24.0 Å². The van der Waals surface area contributed by atoms with Crippen LogP contribution in [-0.2, 0) is 22.4 Å². The molecule has 0 aromatic carbocycles. The molecule has 1 aliphatic heterocycles. The Kier molecular flexibility index (Phi) is 9.41. The molecule has 3 aromatic heterocycles. The number of carbonyl (C=O) groups is 1. The standard InChI is InChI=1S/C28H39N7O3/c1-28(2,38-3)18-35(16-5-4-9-21-12-11-20-8-6-14-29-24(20)33-21)17-13-23(27(36)37)34-26-22-10-7-15-30-25(22)31-19-32-26/h7,10-12,15,19,23H,4-6,8-9,13-14,16-18H2,1-3H3,(H,29,33)(H,36,37)(H,30,31,32,34)/t23-/m0/s1. The number of pyridine rings is 2. The summed E-state index contributed by atoms with van der Waals surface area (Å²) in [6, 6.07) is 7.18. The first-order valence-electron chi connectivity index (χ1n) is 13.4. The maximum atomic E-state index is 12.1. The fourth-order valence-electron chi connectivity index (χ4n) is 4.77. The number of hydrogen-bond acceptors (Lipinski definition) is 9. The van der Waals surface area contributed by atoms with Gasteiger partial charge in [-0.1, -0.05) is 6.07 Å². The number of carboxylic acids is 1.